The normalized spacial score (nSPS) is 11.3. The molecule has 0 amide bonds. The molecular formula is C62H36F4N6. The molecule has 6 nitrogen and oxygen atoms in total. The Morgan fingerprint density at radius 3 is 1.00 bits per heavy atom. The molecule has 0 saturated heterocycles. The van der Waals surface area contributed by atoms with E-state index in [1.165, 1.54) is 12.1 Å². The van der Waals surface area contributed by atoms with E-state index in [4.69, 9.17) is 0 Å². The molecule has 0 spiro atoms. The monoisotopic (exact) mass is 940 g/mol. The zero-order chi connectivity index (χ0) is 49.0. The summed E-state index contributed by atoms with van der Waals surface area (Å²) in [5.74, 6) is -3.67. The predicted octanol–water partition coefficient (Wildman–Crippen LogP) is 16.8. The van der Waals surface area contributed by atoms with Crippen LogP contribution in [0.1, 0.15) is 11.1 Å². The molecule has 0 aliphatic carbocycles. The summed E-state index contributed by atoms with van der Waals surface area (Å²) in [7, 11) is 0. The molecule has 0 N–H and O–H groups in total. The minimum absolute atomic E-state index is 0.507. The van der Waals surface area contributed by atoms with Gasteiger partial charge in [-0.25, -0.2) is 17.6 Å². The molecule has 0 aliphatic rings. The molecule has 0 fully saturated rings. The summed E-state index contributed by atoms with van der Waals surface area (Å²) in [6.45, 7) is 0. The number of rotatable bonds is 9. The van der Waals surface area contributed by atoms with Gasteiger partial charge in [0, 0.05) is 79.2 Å². The van der Waals surface area contributed by atoms with Crippen molar-refractivity contribution in [3.8, 4) is 34.6 Å². The SMILES string of the molecule is N#Cc1ccc(N(c2ccc(-c3ccc(N(c4ccc(C#N)cc4)c4ccc5c(c4)c4ccccc4n5-c4ccc(F)c(F)c4)cc3)cc2)c2ccc3c(c2)c2ccccc2n3-c2ccc(F)c(F)c2)cc1. The van der Waals surface area contributed by atoms with Crippen LogP contribution in [0.2, 0.25) is 0 Å². The van der Waals surface area contributed by atoms with Gasteiger partial charge < -0.3 is 18.9 Å². The molecule has 342 valence electrons. The van der Waals surface area contributed by atoms with Crippen molar-refractivity contribution < 1.29 is 17.6 Å². The van der Waals surface area contributed by atoms with Gasteiger partial charge >= 0.3 is 0 Å². The minimum Gasteiger partial charge on any atom is -0.310 e. The highest BCUT2D eigenvalue weighted by atomic mass is 19.2. The molecule has 0 atom stereocenters. The summed E-state index contributed by atoms with van der Waals surface area (Å²) in [4.78, 5) is 4.25. The maximum absolute atomic E-state index is 14.6. The lowest BCUT2D eigenvalue weighted by atomic mass is 10.0. The van der Waals surface area contributed by atoms with Crippen LogP contribution >= 0.6 is 0 Å². The van der Waals surface area contributed by atoms with Gasteiger partial charge in [-0.15, -0.1) is 0 Å². The van der Waals surface area contributed by atoms with Gasteiger partial charge in [0.1, 0.15) is 0 Å². The largest absolute Gasteiger partial charge is 0.310 e. The average molecular weight is 941 g/mol. The van der Waals surface area contributed by atoms with Crippen LogP contribution in [0.15, 0.2) is 218 Å². The number of aromatic nitrogens is 2. The van der Waals surface area contributed by atoms with Crippen LogP contribution in [-0.4, -0.2) is 9.13 Å². The molecule has 10 aromatic carbocycles. The molecular weight excluding hydrogens is 905 g/mol. The number of nitrogens with zero attached hydrogens (tertiary/aromatic N) is 6. The molecule has 12 aromatic rings. The molecule has 0 bridgehead atoms. The first-order chi connectivity index (χ1) is 35.2. The fraction of sp³-hybridized carbons (Fsp3) is 0. The van der Waals surface area contributed by atoms with Crippen molar-refractivity contribution >= 4 is 77.7 Å². The lowest BCUT2D eigenvalue weighted by Gasteiger charge is -2.26. The lowest BCUT2D eigenvalue weighted by Crippen LogP contribution is -2.10. The Labute approximate surface area is 410 Å². The van der Waals surface area contributed by atoms with E-state index in [-0.39, 0.29) is 0 Å². The predicted molar refractivity (Wildman–Crippen MR) is 279 cm³/mol. The maximum Gasteiger partial charge on any atom is 0.160 e. The first kappa shape index (κ1) is 43.4. The second-order valence-electron chi connectivity index (χ2n) is 17.4. The fourth-order valence-electron chi connectivity index (χ4n) is 9.87. The van der Waals surface area contributed by atoms with Crippen LogP contribution in [0, 0.1) is 45.9 Å². The van der Waals surface area contributed by atoms with Crippen molar-refractivity contribution in [3.63, 3.8) is 0 Å². The molecule has 72 heavy (non-hydrogen) atoms. The number of anilines is 6. The second kappa shape index (κ2) is 17.6. The van der Waals surface area contributed by atoms with Crippen molar-refractivity contribution in [2.45, 2.75) is 0 Å². The highest BCUT2D eigenvalue weighted by Gasteiger charge is 2.21. The number of hydrogen-bond acceptors (Lipinski definition) is 4. The van der Waals surface area contributed by atoms with Gasteiger partial charge in [-0.3, -0.25) is 0 Å². The van der Waals surface area contributed by atoms with Gasteiger partial charge in [0.25, 0.3) is 0 Å². The number of hydrogen-bond donors (Lipinski definition) is 0. The quantitative estimate of drug-likeness (QED) is 0.135. The minimum atomic E-state index is -0.924. The Morgan fingerprint density at radius 2 is 0.639 bits per heavy atom. The third kappa shape index (κ3) is 7.43. The Bertz CT molecular complexity index is 3890. The topological polar surface area (TPSA) is 63.9 Å². The summed E-state index contributed by atoms with van der Waals surface area (Å²) in [5.41, 5.74) is 12.5. The van der Waals surface area contributed by atoms with Gasteiger partial charge in [-0.05, 0) is 157 Å². The number of nitriles is 2. The number of benzene rings is 10. The molecule has 0 unspecified atom stereocenters. The summed E-state index contributed by atoms with van der Waals surface area (Å²) < 4.78 is 61.3. The number of halogens is 4. The van der Waals surface area contributed by atoms with Gasteiger partial charge in [0.05, 0.1) is 45.3 Å². The Morgan fingerprint density at radius 1 is 0.306 bits per heavy atom. The summed E-state index contributed by atoms with van der Waals surface area (Å²) in [6, 6.07) is 71.6. The van der Waals surface area contributed by atoms with E-state index in [0.717, 1.165) is 101 Å². The van der Waals surface area contributed by atoms with E-state index in [2.05, 4.69) is 82.6 Å². The van der Waals surface area contributed by atoms with E-state index in [1.807, 2.05) is 106 Å². The van der Waals surface area contributed by atoms with Crippen LogP contribution in [-0.2, 0) is 0 Å². The van der Waals surface area contributed by atoms with Crippen LogP contribution in [0.5, 0.6) is 0 Å². The van der Waals surface area contributed by atoms with Gasteiger partial charge in [-0.2, -0.15) is 10.5 Å². The van der Waals surface area contributed by atoms with Crippen molar-refractivity contribution in [2.75, 3.05) is 9.80 Å². The van der Waals surface area contributed by atoms with Crippen LogP contribution in [0.4, 0.5) is 51.7 Å². The van der Waals surface area contributed by atoms with E-state index in [9.17, 15) is 28.1 Å². The van der Waals surface area contributed by atoms with Gasteiger partial charge in [0.15, 0.2) is 23.3 Å². The first-order valence-corrected chi connectivity index (χ1v) is 23.0. The Kier molecular flexibility index (Phi) is 10.6. The van der Waals surface area contributed by atoms with Gasteiger partial charge in [0.2, 0.25) is 0 Å². The third-order valence-electron chi connectivity index (χ3n) is 13.2. The zero-order valence-corrected chi connectivity index (χ0v) is 38.0. The molecule has 2 aromatic heterocycles. The van der Waals surface area contributed by atoms with E-state index in [0.29, 0.717) is 22.5 Å². The lowest BCUT2D eigenvalue weighted by molar-refractivity contribution is 0.508. The van der Waals surface area contributed by atoms with Crippen molar-refractivity contribution in [1.82, 2.24) is 9.13 Å². The highest BCUT2D eigenvalue weighted by Crippen LogP contribution is 2.43. The van der Waals surface area contributed by atoms with Crippen molar-refractivity contribution in [3.05, 3.63) is 253 Å². The Hall–Kier alpha value is -9.90. The summed E-state index contributed by atoms with van der Waals surface area (Å²) >= 11 is 0. The van der Waals surface area contributed by atoms with E-state index < -0.39 is 23.3 Å². The van der Waals surface area contributed by atoms with Crippen LogP contribution in [0.3, 0.4) is 0 Å². The molecule has 10 heteroatoms. The maximum atomic E-state index is 14.6. The molecule has 0 saturated carbocycles. The smallest absolute Gasteiger partial charge is 0.160 e. The van der Waals surface area contributed by atoms with Crippen LogP contribution < -0.4 is 9.80 Å². The number of fused-ring (bicyclic) bond motifs is 6. The molecule has 0 aliphatic heterocycles. The fourth-order valence-corrected chi connectivity index (χ4v) is 9.87. The van der Waals surface area contributed by atoms with Crippen LogP contribution in [0.25, 0.3) is 66.1 Å². The zero-order valence-electron chi connectivity index (χ0n) is 38.0. The summed E-state index contributed by atoms with van der Waals surface area (Å²) in [6.07, 6.45) is 0. The molecule has 12 rings (SSSR count). The van der Waals surface area contributed by atoms with E-state index >= 15 is 0 Å². The third-order valence-corrected chi connectivity index (χ3v) is 13.2. The number of para-hydroxylation sites is 2. The first-order valence-electron chi connectivity index (χ1n) is 23.0. The molecule has 0 radical (unpaired) electrons. The van der Waals surface area contributed by atoms with Crippen molar-refractivity contribution in [2.24, 2.45) is 0 Å². The average Bonchev–Trinajstić information content (AvgIpc) is 3.94. The van der Waals surface area contributed by atoms with Crippen molar-refractivity contribution in [1.29, 1.82) is 10.5 Å². The Balaban J connectivity index is 0.917. The molecule has 2 heterocycles. The second-order valence-corrected chi connectivity index (χ2v) is 17.4. The highest BCUT2D eigenvalue weighted by molar-refractivity contribution is 6.12. The summed E-state index contributed by atoms with van der Waals surface area (Å²) in [5, 5.41) is 23.0. The van der Waals surface area contributed by atoms with Gasteiger partial charge in [-0.1, -0.05) is 60.7 Å². The standard InChI is InChI=1S/C62H36F4N6/c63-55-29-25-49(35-57(55)65)71-59-7-3-1-5-51(59)53-33-47(27-31-61(53)71)69(43-17-9-39(37-67)10-18-43)45-21-13-41(14-22-45)42-15-23-46(24-16-42)70(44-19-11-40(38-68)12-20-44)48-28-32-62-54(34-48)52-6-2-4-8-60(52)72(62)50-26-30-56(64)58(66)36-50/h1-36H. The van der Waals surface area contributed by atoms with E-state index in [1.54, 1.807) is 36.4 Å².